The van der Waals surface area contributed by atoms with Crippen LogP contribution in [0, 0.1) is 0 Å². The summed E-state index contributed by atoms with van der Waals surface area (Å²) in [6, 6.07) is 0. The molecular weight excluding hydrogens is 242 g/mol. The van der Waals surface area contributed by atoms with Gasteiger partial charge in [0.2, 0.25) is 0 Å². The summed E-state index contributed by atoms with van der Waals surface area (Å²) in [7, 11) is 0. The topological polar surface area (TPSA) is 41.9 Å². The summed E-state index contributed by atoms with van der Waals surface area (Å²) in [5.41, 5.74) is 0. The summed E-state index contributed by atoms with van der Waals surface area (Å²) in [6.45, 7) is 7.17. The van der Waals surface area contributed by atoms with E-state index in [4.69, 9.17) is 9.47 Å². The molecule has 19 heavy (non-hydrogen) atoms. The van der Waals surface area contributed by atoms with Crippen LogP contribution in [0.25, 0.3) is 0 Å². The van der Waals surface area contributed by atoms with Gasteiger partial charge in [-0.2, -0.15) is 0 Å². The average Bonchev–Trinajstić information content (AvgIpc) is 2.36. The van der Waals surface area contributed by atoms with E-state index in [9.17, 15) is 5.11 Å². The molecule has 0 spiro atoms. The van der Waals surface area contributed by atoms with E-state index in [0.29, 0.717) is 19.3 Å². The lowest BCUT2D eigenvalue weighted by Crippen LogP contribution is -2.48. The highest BCUT2D eigenvalue weighted by atomic mass is 16.5. The molecule has 4 heteroatoms. The lowest BCUT2D eigenvalue weighted by Gasteiger charge is -2.36. The highest BCUT2D eigenvalue weighted by Gasteiger charge is 2.24. The van der Waals surface area contributed by atoms with Gasteiger partial charge in [0.05, 0.1) is 31.0 Å². The molecule has 0 aromatic heterocycles. The fraction of sp³-hybridized carbons (Fsp3) is 1.00. The van der Waals surface area contributed by atoms with Gasteiger partial charge in [-0.05, 0) is 26.7 Å². The molecule has 1 saturated carbocycles. The number of hydrogen-bond donors (Lipinski definition) is 1. The Morgan fingerprint density at radius 3 is 2.42 bits per heavy atom. The third-order valence-electron chi connectivity index (χ3n) is 4.04. The summed E-state index contributed by atoms with van der Waals surface area (Å²) in [5.74, 6) is 0. The molecule has 112 valence electrons. The monoisotopic (exact) mass is 271 g/mol. The third-order valence-corrected chi connectivity index (χ3v) is 4.04. The standard InChI is InChI=1S/C15H29NO3/c1-12-8-16(9-13(2)19-12)10-14(17)11-18-15-6-4-3-5-7-15/h12-15,17H,3-11H2,1-2H3/t12-,13+,14-/m0/s1. The zero-order valence-electron chi connectivity index (χ0n) is 12.4. The molecule has 1 aliphatic carbocycles. The average molecular weight is 271 g/mol. The summed E-state index contributed by atoms with van der Waals surface area (Å²) in [5, 5.41) is 10.1. The van der Waals surface area contributed by atoms with E-state index in [-0.39, 0.29) is 18.3 Å². The van der Waals surface area contributed by atoms with Gasteiger partial charge in [0, 0.05) is 19.6 Å². The van der Waals surface area contributed by atoms with Crippen LogP contribution in [0.1, 0.15) is 46.0 Å². The first-order valence-corrected chi connectivity index (χ1v) is 7.81. The summed E-state index contributed by atoms with van der Waals surface area (Å²) >= 11 is 0. The van der Waals surface area contributed by atoms with Crippen LogP contribution >= 0.6 is 0 Å². The van der Waals surface area contributed by atoms with Crippen molar-refractivity contribution in [3.05, 3.63) is 0 Å². The number of morpholine rings is 1. The third kappa shape index (κ3) is 5.38. The molecular formula is C15H29NO3. The Hall–Kier alpha value is -0.160. The van der Waals surface area contributed by atoms with Crippen molar-refractivity contribution < 1.29 is 14.6 Å². The predicted octanol–water partition coefficient (Wildman–Crippen LogP) is 1.81. The van der Waals surface area contributed by atoms with E-state index in [1.807, 2.05) is 0 Å². The number of nitrogens with zero attached hydrogens (tertiary/aromatic N) is 1. The van der Waals surface area contributed by atoms with Crippen LogP contribution in [0.5, 0.6) is 0 Å². The molecule has 0 aromatic rings. The van der Waals surface area contributed by atoms with Crippen molar-refractivity contribution in [3.8, 4) is 0 Å². The Morgan fingerprint density at radius 1 is 1.16 bits per heavy atom. The van der Waals surface area contributed by atoms with Crippen molar-refractivity contribution in [3.63, 3.8) is 0 Å². The summed E-state index contributed by atoms with van der Waals surface area (Å²) < 4.78 is 11.5. The van der Waals surface area contributed by atoms with Gasteiger partial charge in [0.25, 0.3) is 0 Å². The lowest BCUT2D eigenvalue weighted by atomic mass is 9.98. The van der Waals surface area contributed by atoms with Crippen LogP contribution in [0.15, 0.2) is 0 Å². The van der Waals surface area contributed by atoms with Gasteiger partial charge < -0.3 is 14.6 Å². The van der Waals surface area contributed by atoms with E-state index < -0.39 is 0 Å². The van der Waals surface area contributed by atoms with Crippen molar-refractivity contribution in [2.24, 2.45) is 0 Å². The Balaban J connectivity index is 1.64. The van der Waals surface area contributed by atoms with Crippen LogP contribution in [0.3, 0.4) is 0 Å². The molecule has 3 atom stereocenters. The van der Waals surface area contributed by atoms with Gasteiger partial charge in [-0.1, -0.05) is 19.3 Å². The molecule has 1 N–H and O–H groups in total. The van der Waals surface area contributed by atoms with E-state index >= 15 is 0 Å². The summed E-state index contributed by atoms with van der Waals surface area (Å²) in [6.07, 6.45) is 6.75. The van der Waals surface area contributed by atoms with E-state index in [1.54, 1.807) is 0 Å². The van der Waals surface area contributed by atoms with Crippen LogP contribution in [-0.2, 0) is 9.47 Å². The smallest absolute Gasteiger partial charge is 0.0900 e. The molecule has 1 heterocycles. The minimum Gasteiger partial charge on any atom is -0.389 e. The fourth-order valence-corrected chi connectivity index (χ4v) is 3.26. The Morgan fingerprint density at radius 2 is 1.79 bits per heavy atom. The van der Waals surface area contributed by atoms with Crippen molar-refractivity contribution >= 4 is 0 Å². The van der Waals surface area contributed by atoms with Gasteiger partial charge in [-0.25, -0.2) is 0 Å². The quantitative estimate of drug-likeness (QED) is 0.828. The molecule has 4 nitrogen and oxygen atoms in total. The molecule has 2 rings (SSSR count). The molecule has 0 amide bonds. The Labute approximate surface area is 117 Å². The highest BCUT2D eigenvalue weighted by molar-refractivity contribution is 4.75. The van der Waals surface area contributed by atoms with Gasteiger partial charge in [0.1, 0.15) is 0 Å². The molecule has 2 fully saturated rings. The van der Waals surface area contributed by atoms with Crippen molar-refractivity contribution in [2.45, 2.75) is 70.4 Å². The van der Waals surface area contributed by atoms with Crippen molar-refractivity contribution in [2.75, 3.05) is 26.2 Å². The SMILES string of the molecule is C[C@@H]1CN(C[C@H](O)COC2CCCCC2)C[C@H](C)O1. The van der Waals surface area contributed by atoms with Crippen LogP contribution in [0.4, 0.5) is 0 Å². The lowest BCUT2D eigenvalue weighted by molar-refractivity contribution is -0.0873. The van der Waals surface area contributed by atoms with Gasteiger partial charge in [0.15, 0.2) is 0 Å². The second kappa shape index (κ2) is 7.58. The molecule has 0 bridgehead atoms. The van der Waals surface area contributed by atoms with Gasteiger partial charge >= 0.3 is 0 Å². The Bertz CT molecular complexity index is 246. The van der Waals surface area contributed by atoms with Crippen LogP contribution in [-0.4, -0.2) is 60.7 Å². The van der Waals surface area contributed by atoms with Crippen molar-refractivity contribution in [1.29, 1.82) is 0 Å². The maximum atomic E-state index is 10.1. The largest absolute Gasteiger partial charge is 0.389 e. The first-order chi connectivity index (χ1) is 9.13. The Kier molecular flexibility index (Phi) is 6.07. The number of hydrogen-bond acceptors (Lipinski definition) is 4. The van der Waals surface area contributed by atoms with Crippen molar-refractivity contribution in [1.82, 2.24) is 4.90 Å². The van der Waals surface area contributed by atoms with E-state index in [2.05, 4.69) is 18.7 Å². The predicted molar refractivity (Wildman–Crippen MR) is 75.3 cm³/mol. The minimum absolute atomic E-state index is 0.259. The first-order valence-electron chi connectivity index (χ1n) is 7.81. The number of ether oxygens (including phenoxy) is 2. The molecule has 0 aromatic carbocycles. The molecule has 1 saturated heterocycles. The second-order valence-corrected chi connectivity index (χ2v) is 6.22. The van der Waals surface area contributed by atoms with Crippen LogP contribution in [0.2, 0.25) is 0 Å². The number of rotatable bonds is 5. The first kappa shape index (κ1) is 15.2. The fourth-order valence-electron chi connectivity index (χ4n) is 3.26. The number of β-amino-alcohol motifs (C(OH)–C–C–N with tert-alkyl or cyclic N) is 1. The van der Waals surface area contributed by atoms with Crippen LogP contribution < -0.4 is 0 Å². The van der Waals surface area contributed by atoms with Gasteiger partial charge in [-0.3, -0.25) is 4.90 Å². The maximum Gasteiger partial charge on any atom is 0.0900 e. The zero-order chi connectivity index (χ0) is 13.7. The molecule has 1 aliphatic heterocycles. The molecule has 0 unspecified atom stereocenters. The van der Waals surface area contributed by atoms with Gasteiger partial charge in [-0.15, -0.1) is 0 Å². The zero-order valence-corrected chi connectivity index (χ0v) is 12.4. The normalized spacial score (nSPS) is 32.4. The van der Waals surface area contributed by atoms with E-state index in [1.165, 1.54) is 32.1 Å². The minimum atomic E-state index is -0.376. The molecule has 0 radical (unpaired) electrons. The second-order valence-electron chi connectivity index (χ2n) is 6.22. The summed E-state index contributed by atoms with van der Waals surface area (Å²) in [4.78, 5) is 2.29. The number of aliphatic hydroxyl groups is 1. The van der Waals surface area contributed by atoms with E-state index in [0.717, 1.165) is 13.1 Å². The highest BCUT2D eigenvalue weighted by Crippen LogP contribution is 2.20. The number of aliphatic hydroxyl groups excluding tert-OH is 1. The molecule has 2 aliphatic rings. The maximum absolute atomic E-state index is 10.1.